The van der Waals surface area contributed by atoms with Crippen LogP contribution in [-0.2, 0) is 14.3 Å². The van der Waals surface area contributed by atoms with Crippen molar-refractivity contribution in [3.8, 4) is 11.1 Å². The average molecular weight is 450 g/mol. The Morgan fingerprint density at radius 2 is 1.59 bits per heavy atom. The van der Waals surface area contributed by atoms with Gasteiger partial charge < -0.3 is 20.1 Å². The lowest BCUT2D eigenvalue weighted by molar-refractivity contribution is -0.160. The molecule has 0 saturated carbocycles. The summed E-state index contributed by atoms with van der Waals surface area (Å²) in [6.45, 7) is -1.67. The molecule has 2 aromatic carbocycles. The number of nitrogens with one attached hydrogen (secondary N) is 1. The number of hydrogen-bond donors (Lipinski definition) is 2. The fourth-order valence-electron chi connectivity index (χ4n) is 3.77. The zero-order valence-corrected chi connectivity index (χ0v) is 17.1. The van der Waals surface area contributed by atoms with Crippen LogP contribution in [0.25, 0.3) is 11.1 Å². The van der Waals surface area contributed by atoms with E-state index in [9.17, 15) is 27.6 Å². The molecule has 7 nitrogen and oxygen atoms in total. The van der Waals surface area contributed by atoms with Crippen LogP contribution in [0, 0.1) is 0 Å². The number of benzene rings is 2. The van der Waals surface area contributed by atoms with Crippen LogP contribution in [0.4, 0.5) is 18.0 Å². The number of fused-ring (bicyclic) bond motifs is 3. The third-order valence-electron chi connectivity index (χ3n) is 5.11. The SMILES string of the molecule is CN(CC(F)(F)F)C(=O)C(CC(=O)O)NC(=O)OCC1c2ccccc2-c2ccccc21. The summed E-state index contributed by atoms with van der Waals surface area (Å²) in [6, 6.07) is 13.5. The number of amides is 2. The smallest absolute Gasteiger partial charge is 0.407 e. The molecule has 1 unspecified atom stereocenters. The minimum absolute atomic E-state index is 0.0910. The number of alkyl halides is 3. The Balaban J connectivity index is 1.68. The predicted molar refractivity (Wildman–Crippen MR) is 108 cm³/mol. The summed E-state index contributed by atoms with van der Waals surface area (Å²) in [6.07, 6.45) is -6.64. The number of halogens is 3. The maximum Gasteiger partial charge on any atom is 0.407 e. The zero-order chi connectivity index (χ0) is 23.5. The number of rotatable bonds is 7. The molecule has 0 saturated heterocycles. The summed E-state index contributed by atoms with van der Waals surface area (Å²) in [7, 11) is 0.879. The Hall–Kier alpha value is -3.56. The zero-order valence-electron chi connectivity index (χ0n) is 17.1. The third kappa shape index (κ3) is 5.37. The summed E-state index contributed by atoms with van der Waals surface area (Å²) in [5, 5.41) is 11.1. The quantitative estimate of drug-likeness (QED) is 0.674. The van der Waals surface area contributed by atoms with Gasteiger partial charge in [-0.25, -0.2) is 4.79 Å². The van der Waals surface area contributed by atoms with Crippen LogP contribution in [0.2, 0.25) is 0 Å². The fourth-order valence-corrected chi connectivity index (χ4v) is 3.77. The third-order valence-corrected chi connectivity index (χ3v) is 5.11. The Labute approximate surface area is 181 Å². The fraction of sp³-hybridized carbons (Fsp3) is 0.318. The second-order valence-corrected chi connectivity index (χ2v) is 7.43. The van der Waals surface area contributed by atoms with E-state index in [4.69, 9.17) is 9.84 Å². The predicted octanol–water partition coefficient (Wildman–Crippen LogP) is 3.39. The number of alkyl carbamates (subject to hydrolysis) is 1. The molecule has 2 amide bonds. The highest BCUT2D eigenvalue weighted by Gasteiger charge is 2.35. The van der Waals surface area contributed by atoms with E-state index >= 15 is 0 Å². The topological polar surface area (TPSA) is 95.9 Å². The van der Waals surface area contributed by atoms with Crippen molar-refractivity contribution < 1.29 is 37.4 Å². The van der Waals surface area contributed by atoms with Gasteiger partial charge in [-0.1, -0.05) is 48.5 Å². The second kappa shape index (κ2) is 9.29. The molecular weight excluding hydrogens is 429 g/mol. The van der Waals surface area contributed by atoms with Gasteiger partial charge in [0.15, 0.2) is 0 Å². The first-order valence-electron chi connectivity index (χ1n) is 9.72. The largest absolute Gasteiger partial charge is 0.481 e. The van der Waals surface area contributed by atoms with Crippen molar-refractivity contribution in [3.05, 3.63) is 59.7 Å². The van der Waals surface area contributed by atoms with Crippen LogP contribution in [0.1, 0.15) is 23.5 Å². The molecule has 0 spiro atoms. The number of carboxylic acid groups (broad SMARTS) is 1. The van der Waals surface area contributed by atoms with Gasteiger partial charge >= 0.3 is 18.2 Å². The van der Waals surface area contributed by atoms with E-state index in [1.54, 1.807) is 0 Å². The molecule has 2 N–H and O–H groups in total. The normalized spacial score (nSPS) is 13.6. The molecule has 2 aromatic rings. The van der Waals surface area contributed by atoms with Crippen molar-refractivity contribution in [3.63, 3.8) is 0 Å². The van der Waals surface area contributed by atoms with Gasteiger partial charge in [-0.15, -0.1) is 0 Å². The molecular formula is C22H21F3N2O5. The van der Waals surface area contributed by atoms with Crippen molar-refractivity contribution in [1.29, 1.82) is 0 Å². The average Bonchev–Trinajstić information content (AvgIpc) is 3.03. The molecule has 0 bridgehead atoms. The molecule has 3 rings (SSSR count). The molecule has 170 valence electrons. The lowest BCUT2D eigenvalue weighted by Gasteiger charge is -2.24. The molecule has 0 heterocycles. The van der Waals surface area contributed by atoms with Crippen LogP contribution in [0.3, 0.4) is 0 Å². The second-order valence-electron chi connectivity index (χ2n) is 7.43. The number of carbonyl (C=O) groups is 3. The summed E-state index contributed by atoms with van der Waals surface area (Å²) in [4.78, 5) is 36.0. The first kappa shape index (κ1) is 23.1. The highest BCUT2D eigenvalue weighted by Crippen LogP contribution is 2.44. The van der Waals surface area contributed by atoms with Gasteiger partial charge in [0.2, 0.25) is 5.91 Å². The van der Waals surface area contributed by atoms with Gasteiger partial charge in [-0.3, -0.25) is 9.59 Å². The number of hydrogen-bond acceptors (Lipinski definition) is 4. The standard InChI is InChI=1S/C22H21F3N2O5/c1-27(12-22(23,24)25)20(30)18(10-19(28)29)26-21(31)32-11-17-15-8-4-2-6-13(15)14-7-3-5-9-16(14)17/h2-9,17-18H,10-12H2,1H3,(H,26,31)(H,28,29). The summed E-state index contributed by atoms with van der Waals surface area (Å²) >= 11 is 0. The molecule has 1 atom stereocenters. The van der Waals surface area contributed by atoms with Crippen LogP contribution in [0.15, 0.2) is 48.5 Å². The number of carbonyl (C=O) groups excluding carboxylic acids is 2. The van der Waals surface area contributed by atoms with Crippen molar-refractivity contribution >= 4 is 18.0 Å². The van der Waals surface area contributed by atoms with Crippen molar-refractivity contribution in [2.24, 2.45) is 0 Å². The number of likely N-dealkylation sites (N-methyl/N-ethyl adjacent to an activating group) is 1. The van der Waals surface area contributed by atoms with Crippen LogP contribution < -0.4 is 5.32 Å². The Morgan fingerprint density at radius 3 is 2.09 bits per heavy atom. The summed E-state index contributed by atoms with van der Waals surface area (Å²) < 4.78 is 43.0. The van der Waals surface area contributed by atoms with Crippen molar-refractivity contribution in [1.82, 2.24) is 10.2 Å². The molecule has 0 radical (unpaired) electrons. The van der Waals surface area contributed by atoms with Crippen LogP contribution in [0.5, 0.6) is 0 Å². The maximum atomic E-state index is 12.6. The van der Waals surface area contributed by atoms with Crippen molar-refractivity contribution in [2.45, 2.75) is 24.6 Å². The number of aliphatic carboxylic acids is 1. The maximum absolute atomic E-state index is 12.6. The number of ether oxygens (including phenoxy) is 1. The molecule has 0 aromatic heterocycles. The Bertz CT molecular complexity index is 979. The monoisotopic (exact) mass is 450 g/mol. The molecule has 1 aliphatic carbocycles. The van der Waals surface area contributed by atoms with Crippen LogP contribution in [-0.4, -0.2) is 60.4 Å². The highest BCUT2D eigenvalue weighted by atomic mass is 19.4. The van der Waals surface area contributed by atoms with Gasteiger partial charge in [0, 0.05) is 13.0 Å². The summed E-state index contributed by atoms with van der Waals surface area (Å²) in [5.74, 6) is -2.91. The van der Waals surface area contributed by atoms with Gasteiger partial charge in [-0.2, -0.15) is 13.2 Å². The molecule has 0 aliphatic heterocycles. The van der Waals surface area contributed by atoms with Gasteiger partial charge in [0.1, 0.15) is 19.2 Å². The van der Waals surface area contributed by atoms with Crippen LogP contribution >= 0.6 is 0 Å². The summed E-state index contributed by atoms with van der Waals surface area (Å²) in [5.41, 5.74) is 3.91. The molecule has 1 aliphatic rings. The van der Waals surface area contributed by atoms with Gasteiger partial charge in [0.25, 0.3) is 0 Å². The first-order chi connectivity index (χ1) is 15.1. The molecule has 10 heteroatoms. The minimum Gasteiger partial charge on any atom is -0.481 e. The lowest BCUT2D eigenvalue weighted by Crippen LogP contribution is -2.50. The highest BCUT2D eigenvalue weighted by molar-refractivity contribution is 5.89. The Kier molecular flexibility index (Phi) is 6.71. The Morgan fingerprint density at radius 1 is 1.06 bits per heavy atom. The van der Waals surface area contributed by atoms with E-state index in [-0.39, 0.29) is 12.5 Å². The van der Waals surface area contributed by atoms with Gasteiger partial charge in [-0.05, 0) is 22.3 Å². The van der Waals surface area contributed by atoms with E-state index < -0.39 is 43.2 Å². The van der Waals surface area contributed by atoms with E-state index in [1.807, 2.05) is 48.5 Å². The number of carboxylic acids is 1. The van der Waals surface area contributed by atoms with E-state index in [0.717, 1.165) is 29.3 Å². The van der Waals surface area contributed by atoms with Crippen molar-refractivity contribution in [2.75, 3.05) is 20.2 Å². The number of nitrogens with zero attached hydrogens (tertiary/aromatic N) is 1. The molecule has 32 heavy (non-hydrogen) atoms. The van der Waals surface area contributed by atoms with E-state index in [2.05, 4.69) is 5.32 Å². The van der Waals surface area contributed by atoms with Gasteiger partial charge in [0.05, 0.1) is 6.42 Å². The van der Waals surface area contributed by atoms with E-state index in [1.165, 1.54) is 0 Å². The lowest BCUT2D eigenvalue weighted by atomic mass is 9.98. The first-order valence-corrected chi connectivity index (χ1v) is 9.72. The minimum atomic E-state index is -4.66. The van der Waals surface area contributed by atoms with E-state index in [0.29, 0.717) is 4.90 Å². The molecule has 0 fully saturated rings.